The molecule has 3 aromatic heterocycles. The van der Waals surface area contributed by atoms with Crippen LogP contribution in [-0.4, -0.2) is 24.8 Å². The molecule has 0 fully saturated rings. The van der Waals surface area contributed by atoms with Gasteiger partial charge in [-0.25, -0.2) is 15.0 Å². The Bertz CT molecular complexity index is 3270. The van der Waals surface area contributed by atoms with Gasteiger partial charge in [0, 0.05) is 48.9 Å². The van der Waals surface area contributed by atoms with E-state index in [-0.39, 0.29) is 0 Å². The minimum atomic E-state index is 0.389. The molecule has 2 atom stereocenters. The van der Waals surface area contributed by atoms with Crippen molar-refractivity contribution in [1.82, 2.24) is 19.5 Å². The standard InChI is InChI=1S/C49H30N4OS/c1-2-12-29(13-3-1)47-50-48(32-22-23-36-35-17-8-11-21-44(35)55-45(36)28-32)52-49(51-47)33-26-41(46-37-18-7-10-20-42(37)54-43(46)27-33)53-39-19-9-6-16-34(39)38-24-30-14-4-5-15-31(30)25-40(38)53/h1-28,35,44H. The molecule has 0 saturated heterocycles. The third-order valence-electron chi connectivity index (χ3n) is 11.1. The van der Waals surface area contributed by atoms with E-state index < -0.39 is 0 Å². The molecule has 55 heavy (non-hydrogen) atoms. The van der Waals surface area contributed by atoms with E-state index in [1.807, 2.05) is 42.1 Å². The molecule has 1 aliphatic heterocycles. The van der Waals surface area contributed by atoms with Crippen LogP contribution in [0.15, 0.2) is 179 Å². The summed E-state index contributed by atoms with van der Waals surface area (Å²) in [5.41, 5.74) is 9.00. The highest BCUT2D eigenvalue weighted by molar-refractivity contribution is 8.00. The number of aromatic nitrogens is 4. The quantitative estimate of drug-likeness (QED) is 0.181. The Hall–Kier alpha value is -6.76. The van der Waals surface area contributed by atoms with Gasteiger partial charge >= 0.3 is 0 Å². The van der Waals surface area contributed by atoms with Crippen LogP contribution < -0.4 is 0 Å². The molecule has 6 heteroatoms. The first-order valence-corrected chi connectivity index (χ1v) is 19.5. The first-order valence-electron chi connectivity index (χ1n) is 18.6. The maximum Gasteiger partial charge on any atom is 0.164 e. The summed E-state index contributed by atoms with van der Waals surface area (Å²) < 4.78 is 9.07. The van der Waals surface area contributed by atoms with E-state index in [1.165, 1.54) is 32.0 Å². The van der Waals surface area contributed by atoms with Crippen molar-refractivity contribution in [3.63, 3.8) is 0 Å². The van der Waals surface area contributed by atoms with E-state index in [1.54, 1.807) is 0 Å². The summed E-state index contributed by atoms with van der Waals surface area (Å²) >= 11 is 1.91. The van der Waals surface area contributed by atoms with Crippen molar-refractivity contribution in [2.75, 3.05) is 0 Å². The molecule has 258 valence electrons. The maximum absolute atomic E-state index is 6.68. The van der Waals surface area contributed by atoms with Crippen molar-refractivity contribution in [2.45, 2.75) is 16.1 Å². The number of thioether (sulfide) groups is 1. The topological polar surface area (TPSA) is 56.7 Å². The Balaban J connectivity index is 1.13. The van der Waals surface area contributed by atoms with Gasteiger partial charge < -0.3 is 8.98 Å². The van der Waals surface area contributed by atoms with Gasteiger partial charge in [-0.2, -0.15) is 0 Å². The number of nitrogens with zero attached hydrogens (tertiary/aromatic N) is 4. The zero-order chi connectivity index (χ0) is 36.0. The smallest absolute Gasteiger partial charge is 0.164 e. The second-order valence-electron chi connectivity index (χ2n) is 14.3. The third-order valence-corrected chi connectivity index (χ3v) is 12.5. The molecule has 2 aliphatic rings. The Kier molecular flexibility index (Phi) is 6.62. The zero-order valence-electron chi connectivity index (χ0n) is 29.4. The molecule has 5 nitrogen and oxygen atoms in total. The Morgan fingerprint density at radius 1 is 0.509 bits per heavy atom. The van der Waals surface area contributed by atoms with E-state index >= 15 is 0 Å². The lowest BCUT2D eigenvalue weighted by Gasteiger charge is -2.14. The lowest BCUT2D eigenvalue weighted by Crippen LogP contribution is -2.06. The molecule has 0 N–H and O–H groups in total. The van der Waals surface area contributed by atoms with Crippen LogP contribution in [0.4, 0.5) is 0 Å². The molecule has 0 bridgehead atoms. The molecule has 10 aromatic rings. The molecule has 0 saturated carbocycles. The first-order chi connectivity index (χ1) is 27.2. The second-order valence-corrected chi connectivity index (χ2v) is 15.6. The van der Waals surface area contributed by atoms with Crippen molar-refractivity contribution in [2.24, 2.45) is 0 Å². The van der Waals surface area contributed by atoms with Gasteiger partial charge in [0.15, 0.2) is 17.5 Å². The molecular weight excluding hydrogens is 693 g/mol. The fraction of sp³-hybridized carbons (Fsp3) is 0.0408. The fourth-order valence-electron chi connectivity index (χ4n) is 8.58. The molecule has 0 amide bonds. The van der Waals surface area contributed by atoms with Crippen LogP contribution in [0.25, 0.3) is 94.4 Å². The molecule has 2 unspecified atom stereocenters. The Morgan fingerprint density at radius 2 is 1.22 bits per heavy atom. The molecule has 1 aliphatic carbocycles. The number of allylic oxidation sites excluding steroid dienone is 3. The van der Waals surface area contributed by atoms with E-state index in [9.17, 15) is 0 Å². The van der Waals surface area contributed by atoms with Crippen molar-refractivity contribution in [3.05, 3.63) is 175 Å². The van der Waals surface area contributed by atoms with Crippen LogP contribution in [-0.2, 0) is 0 Å². The summed E-state index contributed by atoms with van der Waals surface area (Å²) in [4.78, 5) is 16.8. The van der Waals surface area contributed by atoms with E-state index in [4.69, 9.17) is 19.4 Å². The molecule has 7 aromatic carbocycles. The van der Waals surface area contributed by atoms with Gasteiger partial charge in [0.25, 0.3) is 0 Å². The Morgan fingerprint density at radius 3 is 2.09 bits per heavy atom. The van der Waals surface area contributed by atoms with Crippen LogP contribution in [0, 0.1) is 0 Å². The summed E-state index contributed by atoms with van der Waals surface area (Å²) in [7, 11) is 0. The van der Waals surface area contributed by atoms with Crippen LogP contribution in [0.3, 0.4) is 0 Å². The highest BCUT2D eigenvalue weighted by Gasteiger charge is 2.31. The number of hydrogen-bond donors (Lipinski definition) is 0. The summed E-state index contributed by atoms with van der Waals surface area (Å²) in [6.07, 6.45) is 8.92. The summed E-state index contributed by atoms with van der Waals surface area (Å²) in [5, 5.41) is 7.33. The van der Waals surface area contributed by atoms with E-state index in [0.29, 0.717) is 28.6 Å². The number of benzene rings is 7. The molecule has 4 heterocycles. The summed E-state index contributed by atoms with van der Waals surface area (Å²) in [6.45, 7) is 0. The van der Waals surface area contributed by atoms with Crippen LogP contribution >= 0.6 is 11.8 Å². The van der Waals surface area contributed by atoms with Gasteiger partial charge in [0.05, 0.1) is 22.1 Å². The van der Waals surface area contributed by atoms with Gasteiger partial charge in [-0.1, -0.05) is 127 Å². The molecular formula is C49H30N4OS. The average molecular weight is 723 g/mol. The first kappa shape index (κ1) is 30.7. The molecule has 12 rings (SSSR count). The monoisotopic (exact) mass is 722 g/mol. The van der Waals surface area contributed by atoms with Crippen LogP contribution in [0.1, 0.15) is 11.5 Å². The third kappa shape index (κ3) is 4.78. The van der Waals surface area contributed by atoms with Crippen LogP contribution in [0.5, 0.6) is 0 Å². The van der Waals surface area contributed by atoms with Crippen molar-refractivity contribution >= 4 is 66.3 Å². The number of rotatable bonds is 4. The SMILES string of the molecule is C1=CC2Sc3cc(-c4nc(-c5ccccc5)nc(-c5cc(-n6c7ccccc7c7cc8ccccc8cc76)c6c(c5)oc5ccccc56)n4)ccc3C2C=C1. The highest BCUT2D eigenvalue weighted by Crippen LogP contribution is 2.49. The lowest BCUT2D eigenvalue weighted by molar-refractivity contribution is 0.669. The van der Waals surface area contributed by atoms with Crippen molar-refractivity contribution in [1.29, 1.82) is 0 Å². The minimum absolute atomic E-state index is 0.389. The van der Waals surface area contributed by atoms with E-state index in [0.717, 1.165) is 55.3 Å². The number of para-hydroxylation sites is 2. The van der Waals surface area contributed by atoms with Gasteiger partial charge in [-0.05, 0) is 58.8 Å². The number of furan rings is 1. The summed E-state index contributed by atoms with van der Waals surface area (Å²) in [5.74, 6) is 2.25. The zero-order valence-corrected chi connectivity index (χ0v) is 30.2. The second kappa shape index (κ2) is 11.9. The Labute approximate surface area is 320 Å². The van der Waals surface area contributed by atoms with Gasteiger partial charge in [0.2, 0.25) is 0 Å². The number of fused-ring (bicyclic) bond motifs is 10. The largest absolute Gasteiger partial charge is 0.456 e. The maximum atomic E-state index is 6.68. The van der Waals surface area contributed by atoms with Gasteiger partial charge in [0.1, 0.15) is 11.2 Å². The highest BCUT2D eigenvalue weighted by atomic mass is 32.2. The average Bonchev–Trinajstić information content (AvgIpc) is 3.91. The number of hydrogen-bond acceptors (Lipinski definition) is 5. The van der Waals surface area contributed by atoms with Gasteiger partial charge in [-0.3, -0.25) is 0 Å². The van der Waals surface area contributed by atoms with Gasteiger partial charge in [-0.15, -0.1) is 11.8 Å². The minimum Gasteiger partial charge on any atom is -0.456 e. The predicted molar refractivity (Wildman–Crippen MR) is 226 cm³/mol. The van der Waals surface area contributed by atoms with Crippen molar-refractivity contribution in [3.8, 4) is 39.9 Å². The van der Waals surface area contributed by atoms with Crippen molar-refractivity contribution < 1.29 is 4.42 Å². The molecule has 0 spiro atoms. The normalized spacial score (nSPS) is 16.1. The van der Waals surface area contributed by atoms with E-state index in [2.05, 4.69) is 144 Å². The molecule has 0 radical (unpaired) electrons. The predicted octanol–water partition coefficient (Wildman–Crippen LogP) is 12.7. The fourth-order valence-corrected chi connectivity index (χ4v) is 9.96. The lowest BCUT2D eigenvalue weighted by atomic mass is 9.92. The summed E-state index contributed by atoms with van der Waals surface area (Å²) in [6, 6.07) is 51.4. The van der Waals surface area contributed by atoms with Crippen LogP contribution in [0.2, 0.25) is 0 Å².